The largest absolute Gasteiger partial charge is 0.433 e. The second-order valence-electron chi connectivity index (χ2n) is 7.04. The Balaban J connectivity index is 2.28. The molecule has 0 N–H and O–H groups in total. The van der Waals surface area contributed by atoms with E-state index in [9.17, 15) is 16.8 Å². The first-order valence-electron chi connectivity index (χ1n) is 9.08. The lowest BCUT2D eigenvalue weighted by molar-refractivity contribution is 0.457. The third-order valence-corrected chi connectivity index (χ3v) is 7.67. The lowest BCUT2D eigenvalue weighted by atomic mass is 10.1. The summed E-state index contributed by atoms with van der Waals surface area (Å²) in [4.78, 5) is 8.37. The van der Waals surface area contributed by atoms with E-state index >= 15 is 0 Å². The van der Waals surface area contributed by atoms with Crippen LogP contribution in [0.3, 0.4) is 0 Å². The van der Waals surface area contributed by atoms with Gasteiger partial charge in [-0.05, 0) is 32.0 Å². The second-order valence-corrected chi connectivity index (χ2v) is 10.9. The molecule has 0 bridgehead atoms. The first-order valence-corrected chi connectivity index (χ1v) is 12.8. The molecule has 0 aliphatic carbocycles. The Labute approximate surface area is 186 Å². The number of pyridine rings is 2. The van der Waals surface area contributed by atoms with Crippen LogP contribution in [0.15, 0.2) is 30.6 Å². The van der Waals surface area contributed by atoms with E-state index in [2.05, 4.69) is 15.1 Å². The van der Waals surface area contributed by atoms with E-state index in [1.54, 1.807) is 31.6 Å². The lowest BCUT2D eigenvalue weighted by Gasteiger charge is -2.22. The molecule has 168 valence electrons. The van der Waals surface area contributed by atoms with Gasteiger partial charge in [0.15, 0.2) is 5.75 Å². The van der Waals surface area contributed by atoms with E-state index in [4.69, 9.17) is 10.00 Å². The highest BCUT2D eigenvalue weighted by Gasteiger charge is 2.32. The summed E-state index contributed by atoms with van der Waals surface area (Å²) < 4.78 is 57.2. The molecule has 0 aliphatic rings. The average molecular weight is 477 g/mol. The highest BCUT2D eigenvalue weighted by atomic mass is 32.3. The van der Waals surface area contributed by atoms with Gasteiger partial charge in [0.25, 0.3) is 0 Å². The molecule has 3 heterocycles. The van der Waals surface area contributed by atoms with Gasteiger partial charge in [0, 0.05) is 25.0 Å². The molecule has 13 heteroatoms. The predicted molar refractivity (Wildman–Crippen MR) is 117 cm³/mol. The monoisotopic (exact) mass is 476 g/mol. The molecule has 32 heavy (non-hydrogen) atoms. The van der Waals surface area contributed by atoms with Crippen molar-refractivity contribution in [1.82, 2.24) is 19.7 Å². The fourth-order valence-electron chi connectivity index (χ4n) is 3.05. The van der Waals surface area contributed by atoms with Crippen LogP contribution in [-0.4, -0.2) is 49.1 Å². The van der Waals surface area contributed by atoms with Gasteiger partial charge in [-0.3, -0.25) is 9.67 Å². The maximum atomic E-state index is 12.4. The molecule has 0 spiro atoms. The van der Waals surface area contributed by atoms with Crippen LogP contribution >= 0.6 is 0 Å². The SMILES string of the molecule is Cc1nn(C)c(C)c1Oc1nc(-c2cncc(C#N)c2)ccc1N(S(C)(=O)=O)S(C)(=O)=O. The topological polar surface area (TPSA) is 148 Å². The minimum atomic E-state index is -4.24. The van der Waals surface area contributed by atoms with Crippen LogP contribution in [0.2, 0.25) is 0 Å². The van der Waals surface area contributed by atoms with Crippen molar-refractivity contribution in [3.05, 3.63) is 47.5 Å². The summed E-state index contributed by atoms with van der Waals surface area (Å²) in [6.07, 6.45) is 4.39. The second kappa shape index (κ2) is 8.21. The molecule has 0 aromatic carbocycles. The number of nitrogens with zero attached hydrogens (tertiary/aromatic N) is 6. The van der Waals surface area contributed by atoms with Crippen molar-refractivity contribution in [1.29, 1.82) is 5.26 Å². The van der Waals surface area contributed by atoms with Gasteiger partial charge in [0.05, 0.1) is 29.5 Å². The summed E-state index contributed by atoms with van der Waals surface area (Å²) in [5.74, 6) is 0.0455. The Morgan fingerprint density at radius 1 is 1.09 bits per heavy atom. The minimum absolute atomic E-state index is 0.261. The fourth-order valence-corrected chi connectivity index (χ4v) is 6.01. The molecule has 3 aromatic heterocycles. The maximum Gasteiger partial charge on any atom is 0.246 e. The molecule has 3 aromatic rings. The quantitative estimate of drug-likeness (QED) is 0.520. The van der Waals surface area contributed by atoms with Crippen LogP contribution in [0.5, 0.6) is 11.6 Å². The first kappa shape index (κ1) is 23.2. The van der Waals surface area contributed by atoms with Crippen molar-refractivity contribution in [2.24, 2.45) is 7.05 Å². The van der Waals surface area contributed by atoms with Crippen LogP contribution in [0.4, 0.5) is 5.69 Å². The van der Waals surface area contributed by atoms with Gasteiger partial charge >= 0.3 is 0 Å². The zero-order valence-electron chi connectivity index (χ0n) is 17.9. The molecule has 0 amide bonds. The molecule has 0 fully saturated rings. The molecule has 0 aliphatic heterocycles. The molecule has 0 radical (unpaired) electrons. The summed E-state index contributed by atoms with van der Waals surface area (Å²) in [6.45, 7) is 3.43. The Morgan fingerprint density at radius 2 is 1.75 bits per heavy atom. The molecule has 0 unspecified atom stereocenters. The number of ether oxygens (including phenoxy) is 1. The standard InChI is InChI=1S/C19H20N6O5S2/c1-12-18(13(2)24(3)23-12)30-19-17(25(31(4,26)27)32(5,28)29)7-6-16(22-19)15-8-14(9-20)10-21-11-15/h6-8,10-11H,1-5H3. The number of aryl methyl sites for hydroxylation is 2. The van der Waals surface area contributed by atoms with Crippen LogP contribution in [0, 0.1) is 25.2 Å². The van der Waals surface area contributed by atoms with Gasteiger partial charge in [0.2, 0.25) is 25.9 Å². The molecule has 0 atom stereocenters. The molecule has 0 saturated heterocycles. The number of rotatable bonds is 6. The summed E-state index contributed by atoms with van der Waals surface area (Å²) in [5.41, 5.74) is 1.90. The number of sulfonamides is 2. The van der Waals surface area contributed by atoms with Crippen molar-refractivity contribution in [3.63, 3.8) is 0 Å². The van der Waals surface area contributed by atoms with Gasteiger partial charge in [0.1, 0.15) is 17.5 Å². The van der Waals surface area contributed by atoms with Crippen LogP contribution in [0.25, 0.3) is 11.3 Å². The lowest BCUT2D eigenvalue weighted by Crippen LogP contribution is -2.35. The average Bonchev–Trinajstić information content (AvgIpc) is 2.93. The zero-order valence-corrected chi connectivity index (χ0v) is 19.6. The fraction of sp³-hybridized carbons (Fsp3) is 0.263. The van der Waals surface area contributed by atoms with Crippen LogP contribution in [-0.2, 0) is 27.1 Å². The number of hydrogen-bond donors (Lipinski definition) is 0. The normalized spacial score (nSPS) is 11.8. The van der Waals surface area contributed by atoms with Crippen molar-refractivity contribution < 1.29 is 21.6 Å². The van der Waals surface area contributed by atoms with Crippen molar-refractivity contribution in [2.45, 2.75) is 13.8 Å². The van der Waals surface area contributed by atoms with E-state index in [-0.39, 0.29) is 15.3 Å². The van der Waals surface area contributed by atoms with E-state index in [0.29, 0.717) is 34.0 Å². The summed E-state index contributed by atoms with van der Waals surface area (Å²) >= 11 is 0. The number of anilines is 1. The summed E-state index contributed by atoms with van der Waals surface area (Å²) in [6, 6.07) is 6.23. The Hall–Kier alpha value is -3.50. The molecular formula is C19H20N6O5S2. The maximum absolute atomic E-state index is 12.4. The molecular weight excluding hydrogens is 456 g/mol. The number of aromatic nitrogens is 4. The van der Waals surface area contributed by atoms with Gasteiger partial charge in [-0.15, -0.1) is 0 Å². The van der Waals surface area contributed by atoms with Crippen molar-refractivity contribution in [3.8, 4) is 29.0 Å². The van der Waals surface area contributed by atoms with Gasteiger partial charge in [-0.1, -0.05) is 0 Å². The van der Waals surface area contributed by atoms with E-state index in [1.165, 1.54) is 24.5 Å². The number of hydrogen-bond acceptors (Lipinski definition) is 9. The van der Waals surface area contributed by atoms with E-state index in [1.807, 2.05) is 6.07 Å². The van der Waals surface area contributed by atoms with Gasteiger partial charge in [-0.25, -0.2) is 21.8 Å². The summed E-state index contributed by atoms with van der Waals surface area (Å²) in [7, 11) is -6.78. The molecule has 0 saturated carbocycles. The van der Waals surface area contributed by atoms with Gasteiger partial charge in [-0.2, -0.15) is 14.1 Å². The molecule has 3 rings (SSSR count). The van der Waals surface area contributed by atoms with Crippen LogP contribution in [0.1, 0.15) is 17.0 Å². The zero-order chi connectivity index (χ0) is 23.8. The van der Waals surface area contributed by atoms with E-state index < -0.39 is 20.0 Å². The van der Waals surface area contributed by atoms with Crippen LogP contribution < -0.4 is 8.45 Å². The highest BCUT2D eigenvalue weighted by Crippen LogP contribution is 2.37. The molecule has 11 nitrogen and oxygen atoms in total. The summed E-state index contributed by atoms with van der Waals surface area (Å²) in [5, 5.41) is 13.4. The first-order chi connectivity index (χ1) is 14.8. The number of nitriles is 1. The Bertz CT molecular complexity index is 1420. The third kappa shape index (κ3) is 4.56. The van der Waals surface area contributed by atoms with Crippen molar-refractivity contribution >= 4 is 25.7 Å². The minimum Gasteiger partial charge on any atom is -0.433 e. The van der Waals surface area contributed by atoms with E-state index in [0.717, 1.165) is 12.5 Å². The van der Waals surface area contributed by atoms with Gasteiger partial charge < -0.3 is 4.74 Å². The Morgan fingerprint density at radius 3 is 2.28 bits per heavy atom. The van der Waals surface area contributed by atoms with Crippen molar-refractivity contribution in [2.75, 3.05) is 16.2 Å². The smallest absolute Gasteiger partial charge is 0.246 e. The predicted octanol–water partition coefficient (Wildman–Crippen LogP) is 1.88. The highest BCUT2D eigenvalue weighted by molar-refractivity contribution is 8.09. The third-order valence-electron chi connectivity index (χ3n) is 4.44. The Kier molecular flexibility index (Phi) is 5.94.